The van der Waals surface area contributed by atoms with Crippen LogP contribution in [0, 0.1) is 0 Å². The number of methoxy groups -OCH3 is 1. The molecule has 13 heavy (non-hydrogen) atoms. The highest BCUT2D eigenvalue weighted by molar-refractivity contribution is 5.28. The van der Waals surface area contributed by atoms with Gasteiger partial charge < -0.3 is 9.64 Å². The van der Waals surface area contributed by atoms with Crippen LogP contribution in [0.2, 0.25) is 0 Å². The Balaban J connectivity index is 2.55. The van der Waals surface area contributed by atoms with Crippen LogP contribution in [-0.2, 0) is 4.74 Å². The molecule has 0 heterocycles. The second kappa shape index (κ2) is 4.07. The summed E-state index contributed by atoms with van der Waals surface area (Å²) < 4.78 is 5.39. The van der Waals surface area contributed by atoms with E-state index >= 15 is 0 Å². The summed E-state index contributed by atoms with van der Waals surface area (Å²) in [6.07, 6.45) is 7.53. The molecule has 2 nitrogen and oxygen atoms in total. The highest BCUT2D eigenvalue weighted by Crippen LogP contribution is 2.23. The van der Waals surface area contributed by atoms with E-state index in [0.717, 1.165) is 13.0 Å². The Kier molecular flexibility index (Phi) is 3.28. The molecule has 0 fully saturated rings. The van der Waals surface area contributed by atoms with E-state index in [1.165, 1.54) is 5.57 Å². The number of hydrogen-bond acceptors (Lipinski definition) is 2. The third-order valence-corrected chi connectivity index (χ3v) is 2.38. The maximum absolute atomic E-state index is 5.39. The summed E-state index contributed by atoms with van der Waals surface area (Å²) in [6, 6.07) is 0. The van der Waals surface area contributed by atoms with Gasteiger partial charge in [-0.1, -0.05) is 18.2 Å². The largest absolute Gasteiger partial charge is 0.374 e. The van der Waals surface area contributed by atoms with E-state index in [4.69, 9.17) is 4.74 Å². The molecule has 74 valence electrons. The van der Waals surface area contributed by atoms with Crippen LogP contribution in [0.4, 0.5) is 0 Å². The summed E-state index contributed by atoms with van der Waals surface area (Å²) in [5, 5.41) is 0. The van der Waals surface area contributed by atoms with Crippen LogP contribution in [0.5, 0.6) is 0 Å². The van der Waals surface area contributed by atoms with Gasteiger partial charge in [0, 0.05) is 13.7 Å². The van der Waals surface area contributed by atoms with Gasteiger partial charge in [-0.2, -0.15) is 0 Å². The number of likely N-dealkylation sites (N-methyl/N-ethyl adjacent to an activating group) is 1. The fourth-order valence-corrected chi connectivity index (χ4v) is 1.39. The molecular weight excluding hydrogens is 162 g/mol. The van der Waals surface area contributed by atoms with Crippen LogP contribution in [0.1, 0.15) is 13.3 Å². The quantitative estimate of drug-likeness (QED) is 0.658. The smallest absolute Gasteiger partial charge is 0.0868 e. The van der Waals surface area contributed by atoms with Crippen molar-refractivity contribution in [1.82, 2.24) is 4.90 Å². The van der Waals surface area contributed by atoms with E-state index in [-0.39, 0.29) is 5.60 Å². The highest BCUT2D eigenvalue weighted by Gasteiger charge is 2.21. The van der Waals surface area contributed by atoms with E-state index in [2.05, 4.69) is 44.1 Å². The van der Waals surface area contributed by atoms with Gasteiger partial charge >= 0.3 is 0 Å². The van der Waals surface area contributed by atoms with Gasteiger partial charge in [-0.25, -0.2) is 0 Å². The second-order valence-corrected chi connectivity index (χ2v) is 4.07. The van der Waals surface area contributed by atoms with Crippen LogP contribution >= 0.6 is 0 Å². The van der Waals surface area contributed by atoms with Crippen LogP contribution in [0.3, 0.4) is 0 Å². The van der Waals surface area contributed by atoms with E-state index in [1.807, 2.05) is 0 Å². The molecule has 1 atom stereocenters. The summed E-state index contributed by atoms with van der Waals surface area (Å²) in [5.74, 6) is 0. The van der Waals surface area contributed by atoms with Gasteiger partial charge in [0.2, 0.25) is 0 Å². The molecule has 0 aromatic rings. The third-order valence-electron chi connectivity index (χ3n) is 2.38. The lowest BCUT2D eigenvalue weighted by atomic mass is 9.94. The van der Waals surface area contributed by atoms with E-state index in [9.17, 15) is 0 Å². The predicted octanol–water partition coefficient (Wildman–Crippen LogP) is 1.84. The molecule has 0 spiro atoms. The lowest BCUT2D eigenvalue weighted by molar-refractivity contribution is 0.0501. The zero-order chi connectivity index (χ0) is 9.90. The molecule has 1 unspecified atom stereocenters. The first-order valence-electron chi connectivity index (χ1n) is 4.64. The maximum atomic E-state index is 5.39. The lowest BCUT2D eigenvalue weighted by Crippen LogP contribution is -2.26. The maximum Gasteiger partial charge on any atom is 0.0868 e. The molecule has 0 saturated carbocycles. The Morgan fingerprint density at radius 2 is 2.23 bits per heavy atom. The van der Waals surface area contributed by atoms with Gasteiger partial charge in [-0.15, -0.1) is 0 Å². The van der Waals surface area contributed by atoms with Gasteiger partial charge in [0.05, 0.1) is 5.60 Å². The lowest BCUT2D eigenvalue weighted by Gasteiger charge is -2.27. The number of rotatable bonds is 3. The molecule has 0 saturated heterocycles. The Morgan fingerprint density at radius 1 is 1.54 bits per heavy atom. The average Bonchev–Trinajstić information content (AvgIpc) is 2.09. The van der Waals surface area contributed by atoms with Crippen LogP contribution < -0.4 is 0 Å². The normalized spacial score (nSPS) is 27.9. The number of hydrogen-bond donors (Lipinski definition) is 0. The van der Waals surface area contributed by atoms with Gasteiger partial charge in [-0.3, -0.25) is 0 Å². The Labute approximate surface area is 80.9 Å². The molecular formula is C11H19NO. The molecule has 2 heteroatoms. The standard InChI is InChI=1S/C11H19NO/c1-11(13-4)7-5-10(6-8-11)9-12(2)3/h5-7H,8-9H2,1-4H3. The first kappa shape index (κ1) is 10.5. The van der Waals surface area contributed by atoms with Crippen LogP contribution in [0.15, 0.2) is 23.8 Å². The summed E-state index contributed by atoms with van der Waals surface area (Å²) >= 11 is 0. The molecule has 0 bridgehead atoms. The number of ether oxygens (including phenoxy) is 1. The van der Waals surface area contributed by atoms with Crippen LogP contribution in [-0.4, -0.2) is 38.3 Å². The van der Waals surface area contributed by atoms with Gasteiger partial charge in [0.15, 0.2) is 0 Å². The van der Waals surface area contributed by atoms with Crippen molar-refractivity contribution >= 4 is 0 Å². The topological polar surface area (TPSA) is 12.5 Å². The first-order valence-corrected chi connectivity index (χ1v) is 4.64. The molecule has 0 aromatic heterocycles. The minimum atomic E-state index is -0.0875. The molecule has 0 amide bonds. The van der Waals surface area contributed by atoms with Crippen molar-refractivity contribution in [3.8, 4) is 0 Å². The molecule has 1 rings (SSSR count). The first-order chi connectivity index (χ1) is 6.06. The predicted molar refractivity (Wildman–Crippen MR) is 55.8 cm³/mol. The average molecular weight is 181 g/mol. The second-order valence-electron chi connectivity index (χ2n) is 4.07. The fourth-order valence-electron chi connectivity index (χ4n) is 1.39. The van der Waals surface area contributed by atoms with Crippen molar-refractivity contribution < 1.29 is 4.74 Å². The Hall–Kier alpha value is -0.600. The van der Waals surface area contributed by atoms with E-state index in [0.29, 0.717) is 0 Å². The van der Waals surface area contributed by atoms with Crippen molar-refractivity contribution in [2.75, 3.05) is 27.7 Å². The molecule has 0 aliphatic heterocycles. The van der Waals surface area contributed by atoms with Crippen molar-refractivity contribution in [3.63, 3.8) is 0 Å². The summed E-state index contributed by atoms with van der Waals surface area (Å²) in [7, 11) is 5.92. The van der Waals surface area contributed by atoms with Gasteiger partial charge in [-0.05, 0) is 33.0 Å². The Bertz CT molecular complexity index is 230. The van der Waals surface area contributed by atoms with Crippen molar-refractivity contribution in [2.45, 2.75) is 18.9 Å². The Morgan fingerprint density at radius 3 is 2.62 bits per heavy atom. The van der Waals surface area contributed by atoms with Crippen molar-refractivity contribution in [1.29, 1.82) is 0 Å². The zero-order valence-corrected chi connectivity index (χ0v) is 9.00. The molecule has 0 aromatic carbocycles. The minimum absolute atomic E-state index is 0.0875. The van der Waals surface area contributed by atoms with Crippen molar-refractivity contribution in [2.24, 2.45) is 0 Å². The van der Waals surface area contributed by atoms with Crippen LogP contribution in [0.25, 0.3) is 0 Å². The van der Waals surface area contributed by atoms with E-state index < -0.39 is 0 Å². The summed E-state index contributed by atoms with van der Waals surface area (Å²) in [6.45, 7) is 3.11. The van der Waals surface area contributed by atoms with E-state index in [1.54, 1.807) is 7.11 Å². The summed E-state index contributed by atoms with van der Waals surface area (Å²) in [5.41, 5.74) is 1.29. The highest BCUT2D eigenvalue weighted by atomic mass is 16.5. The zero-order valence-electron chi connectivity index (χ0n) is 9.00. The number of nitrogens with zero attached hydrogens (tertiary/aromatic N) is 1. The molecule has 0 radical (unpaired) electrons. The molecule has 0 N–H and O–H groups in total. The van der Waals surface area contributed by atoms with Crippen molar-refractivity contribution in [3.05, 3.63) is 23.8 Å². The molecule has 1 aliphatic carbocycles. The summed E-state index contributed by atoms with van der Waals surface area (Å²) in [4.78, 5) is 2.17. The third kappa shape index (κ3) is 2.98. The van der Waals surface area contributed by atoms with Gasteiger partial charge in [0.25, 0.3) is 0 Å². The fraction of sp³-hybridized carbons (Fsp3) is 0.636. The SMILES string of the molecule is COC1(C)C=CC(CN(C)C)=CC1. The van der Waals surface area contributed by atoms with Gasteiger partial charge in [0.1, 0.15) is 0 Å². The monoisotopic (exact) mass is 181 g/mol. The minimum Gasteiger partial charge on any atom is -0.374 e. The molecule has 1 aliphatic rings.